The second-order valence-corrected chi connectivity index (χ2v) is 3.39. The molecular formula is C13H13FO3. The van der Waals surface area contributed by atoms with Gasteiger partial charge in [0, 0.05) is 6.08 Å². The summed E-state index contributed by atoms with van der Waals surface area (Å²) in [5.74, 6) is -1.12. The summed E-state index contributed by atoms with van der Waals surface area (Å²) in [5, 5.41) is 0. The van der Waals surface area contributed by atoms with Gasteiger partial charge in [0.2, 0.25) is 0 Å². The van der Waals surface area contributed by atoms with E-state index in [4.69, 9.17) is 4.74 Å². The first kappa shape index (κ1) is 13.1. The first-order chi connectivity index (χ1) is 8.10. The molecule has 17 heavy (non-hydrogen) atoms. The molecular weight excluding hydrogens is 223 g/mol. The van der Waals surface area contributed by atoms with E-state index in [-0.39, 0.29) is 12.2 Å². The molecule has 0 fully saturated rings. The summed E-state index contributed by atoms with van der Waals surface area (Å²) in [4.78, 5) is 21.9. The molecule has 0 N–H and O–H groups in total. The second-order valence-electron chi connectivity index (χ2n) is 3.39. The van der Waals surface area contributed by atoms with Crippen LogP contribution < -0.4 is 0 Å². The quantitative estimate of drug-likeness (QED) is 0.458. The number of rotatable bonds is 4. The fraction of sp³-hybridized carbons (Fsp3) is 0.231. The predicted octanol–water partition coefficient (Wildman–Crippen LogP) is 2.52. The van der Waals surface area contributed by atoms with Crippen LogP contribution in [0.15, 0.2) is 18.2 Å². The minimum absolute atomic E-state index is 0.0504. The lowest BCUT2D eigenvalue weighted by atomic mass is 10.0. The largest absolute Gasteiger partial charge is 0.463 e. The van der Waals surface area contributed by atoms with Gasteiger partial charge in [0.1, 0.15) is 5.82 Å². The summed E-state index contributed by atoms with van der Waals surface area (Å²) in [6, 6.07) is 2.77. The van der Waals surface area contributed by atoms with Crippen molar-refractivity contribution in [2.24, 2.45) is 0 Å². The maximum atomic E-state index is 13.3. The molecule has 1 aromatic rings. The normalized spacial score (nSPS) is 10.5. The number of benzene rings is 1. The van der Waals surface area contributed by atoms with Gasteiger partial charge < -0.3 is 4.74 Å². The van der Waals surface area contributed by atoms with Gasteiger partial charge in [-0.05, 0) is 37.1 Å². The Morgan fingerprint density at radius 2 is 2.12 bits per heavy atom. The molecule has 0 bridgehead atoms. The zero-order valence-electron chi connectivity index (χ0n) is 9.70. The molecule has 0 atom stereocenters. The number of esters is 1. The third-order valence-corrected chi connectivity index (χ3v) is 2.24. The molecule has 4 heteroatoms. The minimum Gasteiger partial charge on any atom is -0.463 e. The summed E-state index contributed by atoms with van der Waals surface area (Å²) in [6.07, 6.45) is 3.01. The average molecular weight is 236 g/mol. The van der Waals surface area contributed by atoms with Gasteiger partial charge in [0.15, 0.2) is 6.29 Å². The van der Waals surface area contributed by atoms with Gasteiger partial charge in [-0.25, -0.2) is 9.18 Å². The van der Waals surface area contributed by atoms with Crippen molar-refractivity contribution in [3.63, 3.8) is 0 Å². The highest BCUT2D eigenvalue weighted by Gasteiger charge is 2.08. The smallest absolute Gasteiger partial charge is 0.330 e. The summed E-state index contributed by atoms with van der Waals surface area (Å²) in [5.41, 5.74) is 1.06. The Kier molecular flexibility index (Phi) is 4.57. The lowest BCUT2D eigenvalue weighted by Gasteiger charge is -2.04. The van der Waals surface area contributed by atoms with Crippen LogP contribution in [0, 0.1) is 12.7 Å². The van der Waals surface area contributed by atoms with Crippen LogP contribution in [0.5, 0.6) is 0 Å². The molecule has 0 radical (unpaired) electrons. The van der Waals surface area contributed by atoms with Gasteiger partial charge in [-0.15, -0.1) is 0 Å². The average Bonchev–Trinajstić information content (AvgIpc) is 2.30. The van der Waals surface area contributed by atoms with E-state index in [0.29, 0.717) is 17.4 Å². The van der Waals surface area contributed by atoms with Crippen molar-refractivity contribution in [2.75, 3.05) is 6.61 Å². The molecule has 0 unspecified atom stereocenters. The van der Waals surface area contributed by atoms with Crippen molar-refractivity contribution in [3.05, 3.63) is 40.7 Å². The van der Waals surface area contributed by atoms with E-state index in [1.165, 1.54) is 18.2 Å². The Balaban J connectivity index is 3.09. The number of ether oxygens (including phenoxy) is 1. The van der Waals surface area contributed by atoms with Crippen LogP contribution in [0.4, 0.5) is 4.39 Å². The summed E-state index contributed by atoms with van der Waals surface area (Å²) < 4.78 is 18.0. The fourth-order valence-electron chi connectivity index (χ4n) is 1.40. The van der Waals surface area contributed by atoms with Gasteiger partial charge in [0.05, 0.1) is 12.2 Å². The lowest BCUT2D eigenvalue weighted by Crippen LogP contribution is -2.00. The van der Waals surface area contributed by atoms with Crippen LogP contribution in [0.1, 0.15) is 28.4 Å². The van der Waals surface area contributed by atoms with Crippen LogP contribution in [-0.2, 0) is 9.53 Å². The first-order valence-electron chi connectivity index (χ1n) is 5.19. The van der Waals surface area contributed by atoms with Gasteiger partial charge >= 0.3 is 5.97 Å². The third kappa shape index (κ3) is 3.24. The molecule has 0 aliphatic heterocycles. The zero-order valence-corrected chi connectivity index (χ0v) is 9.70. The molecule has 0 spiro atoms. The number of hydrogen-bond donors (Lipinski definition) is 0. The third-order valence-electron chi connectivity index (χ3n) is 2.24. The van der Waals surface area contributed by atoms with Crippen LogP contribution in [0.25, 0.3) is 6.08 Å². The SMILES string of the molecule is CCOC(=O)C=Cc1c(C)ccc(F)c1C=O. The Hall–Kier alpha value is -1.97. The van der Waals surface area contributed by atoms with Crippen LogP contribution in [-0.4, -0.2) is 18.9 Å². The van der Waals surface area contributed by atoms with E-state index >= 15 is 0 Å². The van der Waals surface area contributed by atoms with Gasteiger partial charge in [-0.1, -0.05) is 6.07 Å². The van der Waals surface area contributed by atoms with Crippen molar-refractivity contribution in [1.82, 2.24) is 0 Å². The highest BCUT2D eigenvalue weighted by molar-refractivity contribution is 5.90. The molecule has 0 saturated carbocycles. The maximum absolute atomic E-state index is 13.3. The van der Waals surface area contributed by atoms with E-state index in [9.17, 15) is 14.0 Å². The number of carbonyl (C=O) groups excluding carboxylic acids is 2. The van der Waals surface area contributed by atoms with E-state index in [1.807, 2.05) is 0 Å². The van der Waals surface area contributed by atoms with Crippen LogP contribution >= 0.6 is 0 Å². The number of aldehydes is 1. The van der Waals surface area contributed by atoms with E-state index in [1.54, 1.807) is 19.9 Å². The second kappa shape index (κ2) is 5.94. The van der Waals surface area contributed by atoms with Crippen molar-refractivity contribution >= 4 is 18.3 Å². The van der Waals surface area contributed by atoms with Crippen molar-refractivity contribution < 1.29 is 18.7 Å². The fourth-order valence-corrected chi connectivity index (χ4v) is 1.40. The van der Waals surface area contributed by atoms with Crippen molar-refractivity contribution in [2.45, 2.75) is 13.8 Å². The lowest BCUT2D eigenvalue weighted by molar-refractivity contribution is -0.137. The number of aryl methyl sites for hydroxylation is 1. The minimum atomic E-state index is -0.603. The molecule has 0 aliphatic carbocycles. The Morgan fingerprint density at radius 1 is 1.41 bits per heavy atom. The molecule has 1 aromatic carbocycles. The number of hydrogen-bond acceptors (Lipinski definition) is 3. The Labute approximate surface area is 98.9 Å². The summed E-state index contributed by atoms with van der Waals surface area (Å²) >= 11 is 0. The molecule has 0 aliphatic rings. The van der Waals surface area contributed by atoms with Gasteiger partial charge in [0.25, 0.3) is 0 Å². The van der Waals surface area contributed by atoms with E-state index < -0.39 is 11.8 Å². The molecule has 3 nitrogen and oxygen atoms in total. The van der Waals surface area contributed by atoms with E-state index in [2.05, 4.69) is 0 Å². The highest BCUT2D eigenvalue weighted by Crippen LogP contribution is 2.18. The Bertz CT molecular complexity index is 464. The van der Waals surface area contributed by atoms with Crippen LogP contribution in [0.2, 0.25) is 0 Å². The summed E-state index contributed by atoms with van der Waals surface area (Å²) in [6.45, 7) is 3.69. The topological polar surface area (TPSA) is 43.4 Å². The van der Waals surface area contributed by atoms with Crippen LogP contribution in [0.3, 0.4) is 0 Å². The summed E-state index contributed by atoms with van der Waals surface area (Å²) in [7, 11) is 0. The molecule has 0 saturated heterocycles. The number of halogens is 1. The molecule has 90 valence electrons. The van der Waals surface area contributed by atoms with Crippen molar-refractivity contribution in [1.29, 1.82) is 0 Å². The standard InChI is InChI=1S/C13H13FO3/c1-3-17-13(16)7-5-10-9(2)4-6-12(14)11(10)8-15/h4-8H,3H2,1-2H3. The zero-order chi connectivity index (χ0) is 12.8. The molecule has 0 heterocycles. The Morgan fingerprint density at radius 3 is 2.71 bits per heavy atom. The molecule has 1 rings (SSSR count). The van der Waals surface area contributed by atoms with Gasteiger partial charge in [-0.3, -0.25) is 4.79 Å². The predicted molar refractivity (Wildman–Crippen MR) is 62.2 cm³/mol. The number of carbonyl (C=O) groups is 2. The van der Waals surface area contributed by atoms with Crippen molar-refractivity contribution in [3.8, 4) is 0 Å². The monoisotopic (exact) mass is 236 g/mol. The first-order valence-corrected chi connectivity index (χ1v) is 5.19. The highest BCUT2D eigenvalue weighted by atomic mass is 19.1. The maximum Gasteiger partial charge on any atom is 0.330 e. The molecule has 0 aromatic heterocycles. The van der Waals surface area contributed by atoms with Gasteiger partial charge in [-0.2, -0.15) is 0 Å². The molecule has 0 amide bonds. The van der Waals surface area contributed by atoms with E-state index in [0.717, 1.165) is 0 Å².